The van der Waals surface area contributed by atoms with Gasteiger partial charge in [-0.1, -0.05) is 30.3 Å². The third-order valence-corrected chi connectivity index (χ3v) is 3.56. The highest BCUT2D eigenvalue weighted by Gasteiger charge is 2.27. The number of rotatable bonds is 6. The summed E-state index contributed by atoms with van der Waals surface area (Å²) in [5.41, 5.74) is 1.00. The number of carbonyl (C=O) groups excluding carboxylic acids is 2. The topological polar surface area (TPSA) is 55.8 Å². The maximum absolute atomic E-state index is 12.5. The van der Waals surface area contributed by atoms with E-state index in [-0.39, 0.29) is 0 Å². The summed E-state index contributed by atoms with van der Waals surface area (Å²) in [6, 6.07) is 16.2. The molecule has 1 amide bonds. The van der Waals surface area contributed by atoms with E-state index < -0.39 is 17.7 Å². The monoisotopic (exact) mass is 355 g/mol. The van der Waals surface area contributed by atoms with E-state index in [1.807, 2.05) is 30.3 Å². The van der Waals surface area contributed by atoms with Crippen molar-refractivity contribution in [2.24, 2.45) is 0 Å². The molecule has 0 saturated carbocycles. The largest absolute Gasteiger partial charge is 0.489 e. The second kappa shape index (κ2) is 8.52. The minimum absolute atomic E-state index is 0.459. The molecule has 0 N–H and O–H groups in total. The zero-order valence-corrected chi connectivity index (χ0v) is 15.6. The lowest BCUT2D eigenvalue weighted by Gasteiger charge is -2.29. The summed E-state index contributed by atoms with van der Waals surface area (Å²) in [4.78, 5) is 25.0. The molecule has 0 saturated heterocycles. The first-order chi connectivity index (χ1) is 12.3. The van der Waals surface area contributed by atoms with Crippen molar-refractivity contribution in [1.29, 1.82) is 0 Å². The number of ether oxygens (including phenoxy) is 2. The Hall–Kier alpha value is -2.82. The van der Waals surface area contributed by atoms with Crippen LogP contribution in [0.5, 0.6) is 5.75 Å². The van der Waals surface area contributed by atoms with Gasteiger partial charge in [-0.15, -0.1) is 0 Å². The average Bonchev–Trinajstić information content (AvgIpc) is 2.60. The van der Waals surface area contributed by atoms with Crippen LogP contribution in [0, 0.1) is 0 Å². The lowest BCUT2D eigenvalue weighted by Crippen LogP contribution is -2.43. The van der Waals surface area contributed by atoms with Gasteiger partial charge in [-0.25, -0.2) is 4.79 Å². The number of aldehydes is 1. The van der Waals surface area contributed by atoms with Crippen LogP contribution in [-0.4, -0.2) is 24.0 Å². The van der Waals surface area contributed by atoms with Gasteiger partial charge in [0.25, 0.3) is 0 Å². The van der Waals surface area contributed by atoms with Gasteiger partial charge in [0.2, 0.25) is 0 Å². The Balaban J connectivity index is 2.11. The van der Waals surface area contributed by atoms with Crippen LogP contribution in [0.15, 0.2) is 54.6 Å². The zero-order chi connectivity index (χ0) is 19.2. The summed E-state index contributed by atoms with van der Waals surface area (Å²) in [5, 5.41) is 0. The average molecular weight is 355 g/mol. The van der Waals surface area contributed by atoms with E-state index >= 15 is 0 Å². The standard InChI is InChI=1S/C21H25NO4/c1-16(14-23)22(20(24)26-21(2,3)4)18-10-12-19(13-11-18)25-15-17-8-6-5-7-9-17/h5-14,16H,15H2,1-4H3/t16-/m0/s1. The first-order valence-electron chi connectivity index (χ1n) is 8.54. The molecule has 2 rings (SSSR count). The number of nitrogens with zero attached hydrogens (tertiary/aromatic N) is 1. The molecule has 1 atom stereocenters. The maximum Gasteiger partial charge on any atom is 0.415 e. The molecule has 0 aromatic heterocycles. The summed E-state index contributed by atoms with van der Waals surface area (Å²) >= 11 is 0. The second-order valence-electron chi connectivity index (χ2n) is 7.00. The van der Waals surface area contributed by atoms with Gasteiger partial charge in [0.15, 0.2) is 0 Å². The summed E-state index contributed by atoms with van der Waals surface area (Å²) in [7, 11) is 0. The van der Waals surface area contributed by atoms with Crippen molar-refractivity contribution in [3.05, 3.63) is 60.2 Å². The fourth-order valence-corrected chi connectivity index (χ4v) is 2.32. The van der Waals surface area contributed by atoms with Crippen molar-refractivity contribution in [2.75, 3.05) is 4.90 Å². The predicted octanol–water partition coefficient (Wildman–Crippen LogP) is 4.59. The predicted molar refractivity (Wildman–Crippen MR) is 101 cm³/mol. The van der Waals surface area contributed by atoms with Crippen LogP contribution in [0.1, 0.15) is 33.3 Å². The molecule has 26 heavy (non-hydrogen) atoms. The fraction of sp³-hybridized carbons (Fsp3) is 0.333. The molecular weight excluding hydrogens is 330 g/mol. The molecule has 0 fully saturated rings. The fourth-order valence-electron chi connectivity index (χ4n) is 2.32. The number of hydrogen-bond acceptors (Lipinski definition) is 4. The van der Waals surface area contributed by atoms with E-state index in [0.717, 1.165) is 5.56 Å². The molecule has 0 spiro atoms. The van der Waals surface area contributed by atoms with E-state index in [1.54, 1.807) is 52.0 Å². The van der Waals surface area contributed by atoms with Crippen molar-refractivity contribution in [2.45, 2.75) is 45.9 Å². The van der Waals surface area contributed by atoms with Crippen LogP contribution in [0.3, 0.4) is 0 Å². The third kappa shape index (κ3) is 5.62. The highest BCUT2D eigenvalue weighted by atomic mass is 16.6. The van der Waals surface area contributed by atoms with Crippen LogP contribution in [0.2, 0.25) is 0 Å². The zero-order valence-electron chi connectivity index (χ0n) is 15.6. The number of hydrogen-bond donors (Lipinski definition) is 0. The van der Waals surface area contributed by atoms with Gasteiger partial charge in [-0.05, 0) is 57.5 Å². The molecule has 0 radical (unpaired) electrons. The summed E-state index contributed by atoms with van der Waals surface area (Å²) < 4.78 is 11.2. The lowest BCUT2D eigenvalue weighted by atomic mass is 10.2. The molecule has 2 aromatic carbocycles. The Labute approximate surface area is 154 Å². The minimum atomic E-state index is -0.642. The Kier molecular flexibility index (Phi) is 6.39. The first-order valence-corrected chi connectivity index (χ1v) is 8.54. The van der Waals surface area contributed by atoms with E-state index in [1.165, 1.54) is 4.90 Å². The second-order valence-corrected chi connectivity index (χ2v) is 7.00. The van der Waals surface area contributed by atoms with Gasteiger partial charge >= 0.3 is 6.09 Å². The molecule has 138 valence electrons. The van der Waals surface area contributed by atoms with Gasteiger partial charge in [-0.3, -0.25) is 4.90 Å². The summed E-state index contributed by atoms with van der Waals surface area (Å²) in [6.45, 7) is 7.47. The Bertz CT molecular complexity index is 720. The number of benzene rings is 2. The van der Waals surface area contributed by atoms with E-state index in [0.29, 0.717) is 24.3 Å². The molecule has 5 nitrogen and oxygen atoms in total. The maximum atomic E-state index is 12.5. The van der Waals surface area contributed by atoms with Crippen LogP contribution in [-0.2, 0) is 16.1 Å². The molecule has 0 heterocycles. The van der Waals surface area contributed by atoms with Crippen LogP contribution >= 0.6 is 0 Å². The molecular formula is C21H25NO4. The van der Waals surface area contributed by atoms with E-state index in [2.05, 4.69) is 0 Å². The van der Waals surface area contributed by atoms with Gasteiger partial charge < -0.3 is 14.3 Å². The van der Waals surface area contributed by atoms with Crippen molar-refractivity contribution in [3.8, 4) is 5.75 Å². The number of anilines is 1. The Morgan fingerprint density at radius 2 is 1.69 bits per heavy atom. The number of carbonyl (C=O) groups is 2. The SMILES string of the molecule is C[C@@H](C=O)N(C(=O)OC(C)(C)C)c1ccc(OCc2ccccc2)cc1. The van der Waals surface area contributed by atoms with Crippen LogP contribution in [0.4, 0.5) is 10.5 Å². The van der Waals surface area contributed by atoms with E-state index in [4.69, 9.17) is 9.47 Å². The van der Waals surface area contributed by atoms with Crippen LogP contribution in [0.25, 0.3) is 0 Å². The van der Waals surface area contributed by atoms with Gasteiger partial charge in [0.05, 0.1) is 6.04 Å². The van der Waals surface area contributed by atoms with Crippen molar-refractivity contribution in [3.63, 3.8) is 0 Å². The lowest BCUT2D eigenvalue weighted by molar-refractivity contribution is -0.108. The smallest absolute Gasteiger partial charge is 0.415 e. The molecule has 0 unspecified atom stereocenters. The van der Waals surface area contributed by atoms with Crippen LogP contribution < -0.4 is 9.64 Å². The molecule has 2 aromatic rings. The molecule has 0 aliphatic carbocycles. The van der Waals surface area contributed by atoms with Gasteiger partial charge in [-0.2, -0.15) is 0 Å². The highest BCUT2D eigenvalue weighted by Crippen LogP contribution is 2.24. The third-order valence-electron chi connectivity index (χ3n) is 3.56. The highest BCUT2D eigenvalue weighted by molar-refractivity contribution is 5.92. The Morgan fingerprint density at radius 1 is 1.08 bits per heavy atom. The van der Waals surface area contributed by atoms with E-state index in [9.17, 15) is 9.59 Å². The first kappa shape index (κ1) is 19.5. The summed E-state index contributed by atoms with van der Waals surface area (Å²) in [5.74, 6) is 0.681. The Morgan fingerprint density at radius 3 is 2.23 bits per heavy atom. The normalized spacial score (nSPS) is 12.2. The van der Waals surface area contributed by atoms with Gasteiger partial charge in [0.1, 0.15) is 24.2 Å². The molecule has 0 aliphatic heterocycles. The quantitative estimate of drug-likeness (QED) is 0.711. The molecule has 0 aliphatic rings. The minimum Gasteiger partial charge on any atom is -0.489 e. The van der Waals surface area contributed by atoms with Gasteiger partial charge in [0, 0.05) is 5.69 Å². The molecule has 0 bridgehead atoms. The van der Waals surface area contributed by atoms with Crippen molar-refractivity contribution < 1.29 is 19.1 Å². The number of amides is 1. The molecule has 5 heteroatoms. The van der Waals surface area contributed by atoms with Crippen molar-refractivity contribution in [1.82, 2.24) is 0 Å². The summed E-state index contributed by atoms with van der Waals surface area (Å²) in [6.07, 6.45) is 0.152. The van der Waals surface area contributed by atoms with Crippen molar-refractivity contribution >= 4 is 18.1 Å².